The van der Waals surface area contributed by atoms with Gasteiger partial charge in [0, 0.05) is 36.3 Å². The van der Waals surface area contributed by atoms with Crippen LogP contribution in [0.4, 0.5) is 36.2 Å². The molecule has 194 valence electrons. The number of carbonyl (C=O) groups excluding carboxylic acids is 1. The van der Waals surface area contributed by atoms with E-state index in [4.69, 9.17) is 15.2 Å². The average molecular weight is 555 g/mol. The van der Waals surface area contributed by atoms with Crippen molar-refractivity contribution in [3.63, 3.8) is 0 Å². The van der Waals surface area contributed by atoms with Gasteiger partial charge in [0.15, 0.2) is 17.4 Å². The van der Waals surface area contributed by atoms with E-state index in [9.17, 15) is 18.0 Å². The number of carbonyl (C=O) groups is 1. The van der Waals surface area contributed by atoms with Crippen LogP contribution in [0.15, 0.2) is 60.9 Å². The van der Waals surface area contributed by atoms with Crippen molar-refractivity contribution >= 4 is 53.7 Å². The zero-order valence-corrected chi connectivity index (χ0v) is 20.5. The highest BCUT2D eigenvalue weighted by molar-refractivity contribution is 6.07. The fraction of sp³-hybridized carbons (Fsp3) is 0.0435. The summed E-state index contributed by atoms with van der Waals surface area (Å²) in [6.45, 7) is 0. The number of nitrogens with two attached hydrogens (primary N) is 1. The first kappa shape index (κ1) is 28.9. The minimum absolute atomic E-state index is 0. The molecular formula is C23H19Cl2F3N6O3. The summed E-state index contributed by atoms with van der Waals surface area (Å²) in [5.74, 6) is -2.89. The average Bonchev–Trinajstić information content (AvgIpc) is 2.82. The molecule has 9 nitrogen and oxygen atoms in total. The molecule has 0 bridgehead atoms. The SMILES string of the molecule is COc1ncc(C(=O)Nc2ccc(F)cc2F)c(Nc2ccc(Oc3ccnc(N)c3)c(F)c2)n1.Cl.Cl. The normalized spacial score (nSPS) is 9.95. The summed E-state index contributed by atoms with van der Waals surface area (Å²) in [4.78, 5) is 24.6. The van der Waals surface area contributed by atoms with Gasteiger partial charge in [-0.15, -0.1) is 24.8 Å². The van der Waals surface area contributed by atoms with Gasteiger partial charge in [-0.05, 0) is 30.3 Å². The third-order valence-electron chi connectivity index (χ3n) is 4.55. The number of nitrogen functional groups attached to an aromatic ring is 1. The van der Waals surface area contributed by atoms with E-state index >= 15 is 0 Å². The van der Waals surface area contributed by atoms with E-state index < -0.39 is 23.4 Å². The number of anilines is 4. The van der Waals surface area contributed by atoms with Crippen molar-refractivity contribution < 1.29 is 27.4 Å². The van der Waals surface area contributed by atoms with Crippen molar-refractivity contribution in [1.82, 2.24) is 15.0 Å². The Labute approximate surface area is 221 Å². The molecule has 0 radical (unpaired) electrons. The number of nitrogens with zero attached hydrogens (tertiary/aromatic N) is 3. The number of hydrogen-bond acceptors (Lipinski definition) is 8. The van der Waals surface area contributed by atoms with Crippen LogP contribution in [0, 0.1) is 17.5 Å². The Morgan fingerprint density at radius 3 is 2.43 bits per heavy atom. The van der Waals surface area contributed by atoms with Crippen molar-refractivity contribution in [1.29, 1.82) is 0 Å². The molecule has 0 aliphatic heterocycles. The van der Waals surface area contributed by atoms with Gasteiger partial charge in [-0.2, -0.15) is 4.98 Å². The monoisotopic (exact) mass is 554 g/mol. The van der Waals surface area contributed by atoms with Gasteiger partial charge in [0.05, 0.1) is 12.8 Å². The minimum atomic E-state index is -0.962. The first-order valence-electron chi connectivity index (χ1n) is 9.96. The van der Waals surface area contributed by atoms with Crippen LogP contribution in [0.3, 0.4) is 0 Å². The van der Waals surface area contributed by atoms with Crippen molar-refractivity contribution in [2.24, 2.45) is 0 Å². The lowest BCUT2D eigenvalue weighted by Gasteiger charge is -2.13. The highest BCUT2D eigenvalue weighted by Crippen LogP contribution is 2.29. The fourth-order valence-electron chi connectivity index (χ4n) is 2.92. The maximum atomic E-state index is 14.7. The van der Waals surface area contributed by atoms with Gasteiger partial charge in [-0.3, -0.25) is 4.79 Å². The van der Waals surface area contributed by atoms with E-state index in [1.165, 1.54) is 37.6 Å². The standard InChI is InChI=1S/C23H17F3N6O3.2ClH/c1-34-23-29-11-15(22(33)31-18-4-2-12(24)8-16(18)25)21(32-23)30-13-3-5-19(17(26)9-13)35-14-6-7-28-20(27)10-14;;/h2-11H,1H3,(H2,27,28)(H,31,33)(H,29,30,32);2*1H. The molecule has 4 N–H and O–H groups in total. The van der Waals surface area contributed by atoms with Crippen molar-refractivity contribution in [3.8, 4) is 17.5 Å². The Morgan fingerprint density at radius 2 is 1.76 bits per heavy atom. The number of benzene rings is 2. The van der Waals surface area contributed by atoms with Gasteiger partial charge in [-0.1, -0.05) is 0 Å². The number of amides is 1. The van der Waals surface area contributed by atoms with E-state index in [0.717, 1.165) is 24.4 Å². The largest absolute Gasteiger partial charge is 0.467 e. The number of hydrogen-bond donors (Lipinski definition) is 3. The number of rotatable bonds is 7. The fourth-order valence-corrected chi connectivity index (χ4v) is 2.92. The second-order valence-corrected chi connectivity index (χ2v) is 6.99. The molecule has 0 fully saturated rings. The number of ether oxygens (including phenoxy) is 2. The molecule has 0 saturated heterocycles. The molecule has 4 aromatic rings. The summed E-state index contributed by atoms with van der Waals surface area (Å²) in [7, 11) is 1.32. The predicted molar refractivity (Wildman–Crippen MR) is 136 cm³/mol. The zero-order chi connectivity index (χ0) is 24.9. The molecule has 0 unspecified atom stereocenters. The van der Waals surface area contributed by atoms with E-state index in [-0.39, 0.29) is 65.1 Å². The van der Waals surface area contributed by atoms with Gasteiger partial charge in [-0.25, -0.2) is 23.1 Å². The van der Waals surface area contributed by atoms with Crippen LogP contribution in [0.25, 0.3) is 0 Å². The first-order chi connectivity index (χ1) is 16.8. The van der Waals surface area contributed by atoms with E-state index in [0.29, 0.717) is 11.8 Å². The second-order valence-electron chi connectivity index (χ2n) is 6.99. The summed E-state index contributed by atoms with van der Waals surface area (Å²) in [6, 6.07) is 9.55. The smallest absolute Gasteiger partial charge is 0.318 e. The van der Waals surface area contributed by atoms with Crippen LogP contribution >= 0.6 is 24.8 Å². The van der Waals surface area contributed by atoms with Gasteiger partial charge in [0.25, 0.3) is 5.91 Å². The summed E-state index contributed by atoms with van der Waals surface area (Å²) in [5.41, 5.74) is 5.46. The maximum Gasteiger partial charge on any atom is 0.318 e. The number of nitrogens with one attached hydrogen (secondary N) is 2. The summed E-state index contributed by atoms with van der Waals surface area (Å²) < 4.78 is 52.3. The lowest BCUT2D eigenvalue weighted by atomic mass is 10.2. The molecule has 14 heteroatoms. The number of aromatic nitrogens is 3. The minimum Gasteiger partial charge on any atom is -0.467 e. The predicted octanol–water partition coefficient (Wildman–Crippen LogP) is 5.51. The Kier molecular flexibility index (Phi) is 9.86. The molecule has 0 saturated carbocycles. The molecule has 0 aliphatic rings. The lowest BCUT2D eigenvalue weighted by molar-refractivity contribution is 0.102. The molecule has 0 aliphatic carbocycles. The molecule has 2 aromatic carbocycles. The van der Waals surface area contributed by atoms with Crippen molar-refractivity contribution in [3.05, 3.63) is 83.9 Å². The molecule has 4 rings (SSSR count). The Morgan fingerprint density at radius 1 is 0.973 bits per heavy atom. The highest BCUT2D eigenvalue weighted by atomic mass is 35.5. The molecule has 37 heavy (non-hydrogen) atoms. The first-order valence-corrected chi connectivity index (χ1v) is 9.96. The molecule has 0 atom stereocenters. The van der Waals surface area contributed by atoms with E-state index in [2.05, 4.69) is 25.6 Å². The van der Waals surface area contributed by atoms with E-state index in [1.54, 1.807) is 0 Å². The Balaban J connectivity index is 0.00000241. The maximum absolute atomic E-state index is 14.7. The van der Waals surface area contributed by atoms with Crippen LogP contribution in [0.2, 0.25) is 0 Å². The van der Waals surface area contributed by atoms with E-state index in [1.807, 2.05) is 0 Å². The van der Waals surface area contributed by atoms with Crippen molar-refractivity contribution in [2.75, 3.05) is 23.5 Å². The third kappa shape index (κ3) is 7.12. The number of halogens is 5. The molecular weight excluding hydrogens is 536 g/mol. The Hall–Kier alpha value is -4.29. The van der Waals surface area contributed by atoms with Crippen LogP contribution in [0.1, 0.15) is 10.4 Å². The Bertz CT molecular complexity index is 1410. The number of methoxy groups -OCH3 is 1. The van der Waals surface area contributed by atoms with Crippen LogP contribution in [-0.2, 0) is 0 Å². The highest BCUT2D eigenvalue weighted by Gasteiger charge is 2.18. The second kappa shape index (κ2) is 12.6. The van der Waals surface area contributed by atoms with Gasteiger partial charge < -0.3 is 25.8 Å². The van der Waals surface area contributed by atoms with Gasteiger partial charge in [0.2, 0.25) is 0 Å². The molecule has 0 spiro atoms. The topological polar surface area (TPSA) is 124 Å². The number of pyridine rings is 1. The van der Waals surface area contributed by atoms with Gasteiger partial charge >= 0.3 is 6.01 Å². The molecule has 2 heterocycles. The van der Waals surface area contributed by atoms with Gasteiger partial charge in [0.1, 0.15) is 28.8 Å². The molecule has 2 aromatic heterocycles. The lowest BCUT2D eigenvalue weighted by Crippen LogP contribution is -2.16. The zero-order valence-electron chi connectivity index (χ0n) is 18.9. The van der Waals surface area contributed by atoms with Crippen LogP contribution in [-0.4, -0.2) is 28.0 Å². The van der Waals surface area contributed by atoms with Crippen LogP contribution < -0.4 is 25.8 Å². The molecule has 1 amide bonds. The summed E-state index contributed by atoms with van der Waals surface area (Å²) in [6.07, 6.45) is 2.57. The van der Waals surface area contributed by atoms with Crippen molar-refractivity contribution in [2.45, 2.75) is 0 Å². The summed E-state index contributed by atoms with van der Waals surface area (Å²) in [5, 5.41) is 5.13. The third-order valence-corrected chi connectivity index (χ3v) is 4.55. The quantitative estimate of drug-likeness (QED) is 0.273. The van der Waals surface area contributed by atoms with Crippen LogP contribution in [0.5, 0.6) is 17.5 Å². The summed E-state index contributed by atoms with van der Waals surface area (Å²) >= 11 is 0.